The molecule has 0 saturated heterocycles. The normalized spacial score (nSPS) is 11.3. The van der Waals surface area contributed by atoms with Crippen molar-refractivity contribution >= 4 is 22.6 Å². The van der Waals surface area contributed by atoms with Crippen molar-refractivity contribution in [1.82, 2.24) is 9.55 Å². The van der Waals surface area contributed by atoms with Crippen LogP contribution in [-0.2, 0) is 13.1 Å². The van der Waals surface area contributed by atoms with Crippen LogP contribution in [0.15, 0.2) is 18.2 Å². The van der Waals surface area contributed by atoms with E-state index in [-0.39, 0.29) is 0 Å². The molecule has 1 heterocycles. The highest BCUT2D eigenvalue weighted by atomic mass is 35.5. The van der Waals surface area contributed by atoms with Gasteiger partial charge in [0.1, 0.15) is 5.82 Å². The van der Waals surface area contributed by atoms with Crippen LogP contribution in [0.4, 0.5) is 0 Å². The summed E-state index contributed by atoms with van der Waals surface area (Å²) in [4.78, 5) is 4.56. The Morgan fingerprint density at radius 1 is 1.21 bits per heavy atom. The fourth-order valence-electron chi connectivity index (χ4n) is 2.43. The third-order valence-electron chi connectivity index (χ3n) is 3.46. The number of aromatic nitrogens is 2. The number of imidazole rings is 1. The Labute approximate surface area is 119 Å². The summed E-state index contributed by atoms with van der Waals surface area (Å²) in [5.41, 5.74) is 7.87. The summed E-state index contributed by atoms with van der Waals surface area (Å²) >= 11 is 6.00. The highest BCUT2D eigenvalue weighted by Gasteiger charge is 2.09. The minimum absolute atomic E-state index is 0.473. The molecular weight excluding hydrogens is 258 g/mol. The zero-order valence-corrected chi connectivity index (χ0v) is 12.3. The fraction of sp³-hybridized carbons (Fsp3) is 0.533. The van der Waals surface area contributed by atoms with Crippen LogP contribution in [0.5, 0.6) is 0 Å². The van der Waals surface area contributed by atoms with Crippen molar-refractivity contribution < 1.29 is 0 Å². The van der Waals surface area contributed by atoms with Crippen molar-refractivity contribution in [2.45, 2.75) is 52.1 Å². The lowest BCUT2D eigenvalue weighted by Crippen LogP contribution is -2.08. The van der Waals surface area contributed by atoms with Gasteiger partial charge >= 0.3 is 0 Å². The van der Waals surface area contributed by atoms with Gasteiger partial charge in [0.25, 0.3) is 0 Å². The number of rotatable bonds is 7. The topological polar surface area (TPSA) is 43.8 Å². The molecule has 0 fully saturated rings. The number of unbranched alkanes of at least 4 members (excludes halogenated alkanes) is 4. The molecule has 104 valence electrons. The largest absolute Gasteiger partial charge is 0.327 e. The van der Waals surface area contributed by atoms with Gasteiger partial charge in [0.15, 0.2) is 0 Å². The maximum absolute atomic E-state index is 6.00. The van der Waals surface area contributed by atoms with Gasteiger partial charge in [0.2, 0.25) is 0 Å². The molecule has 2 aromatic rings. The third kappa shape index (κ3) is 3.48. The molecule has 0 aliphatic rings. The number of nitrogens with zero attached hydrogens (tertiary/aromatic N) is 2. The second-order valence-corrected chi connectivity index (χ2v) is 5.37. The van der Waals surface area contributed by atoms with Crippen molar-refractivity contribution in [2.24, 2.45) is 5.73 Å². The van der Waals surface area contributed by atoms with E-state index in [0.717, 1.165) is 28.4 Å². The van der Waals surface area contributed by atoms with Crippen LogP contribution in [0.1, 0.15) is 44.9 Å². The number of benzene rings is 1. The van der Waals surface area contributed by atoms with Crippen LogP contribution in [0, 0.1) is 0 Å². The summed E-state index contributed by atoms with van der Waals surface area (Å²) in [6, 6.07) is 5.86. The van der Waals surface area contributed by atoms with Crippen LogP contribution in [0.3, 0.4) is 0 Å². The average molecular weight is 280 g/mol. The van der Waals surface area contributed by atoms with Gasteiger partial charge in [-0.3, -0.25) is 0 Å². The number of nitrogens with two attached hydrogens (primary N) is 1. The molecule has 0 unspecified atom stereocenters. The van der Waals surface area contributed by atoms with Crippen molar-refractivity contribution in [3.05, 3.63) is 29.0 Å². The van der Waals surface area contributed by atoms with E-state index >= 15 is 0 Å². The highest BCUT2D eigenvalue weighted by Crippen LogP contribution is 2.21. The smallest absolute Gasteiger partial charge is 0.123 e. The van der Waals surface area contributed by atoms with Gasteiger partial charge in [-0.2, -0.15) is 0 Å². The maximum Gasteiger partial charge on any atom is 0.123 e. The summed E-state index contributed by atoms with van der Waals surface area (Å²) in [5.74, 6) is 0.952. The van der Waals surface area contributed by atoms with E-state index in [9.17, 15) is 0 Å². The molecule has 2 rings (SSSR count). The monoisotopic (exact) mass is 279 g/mol. The minimum atomic E-state index is 0.473. The minimum Gasteiger partial charge on any atom is -0.327 e. The quantitative estimate of drug-likeness (QED) is 0.775. The Morgan fingerprint density at radius 3 is 2.74 bits per heavy atom. The first-order chi connectivity index (χ1) is 9.26. The number of aryl methyl sites for hydroxylation is 1. The van der Waals surface area contributed by atoms with Crippen molar-refractivity contribution in [3.63, 3.8) is 0 Å². The van der Waals surface area contributed by atoms with Gasteiger partial charge in [0.05, 0.1) is 17.6 Å². The molecule has 0 saturated carbocycles. The van der Waals surface area contributed by atoms with Crippen LogP contribution in [0.25, 0.3) is 11.0 Å². The lowest BCUT2D eigenvalue weighted by molar-refractivity contribution is 0.562. The molecule has 0 bridgehead atoms. The van der Waals surface area contributed by atoms with E-state index in [0.29, 0.717) is 6.54 Å². The number of halogens is 1. The number of hydrogen-bond acceptors (Lipinski definition) is 2. The zero-order valence-electron chi connectivity index (χ0n) is 11.5. The highest BCUT2D eigenvalue weighted by molar-refractivity contribution is 6.31. The van der Waals surface area contributed by atoms with Gasteiger partial charge in [-0.05, 0) is 24.6 Å². The SMILES string of the molecule is CCCCCCCn1c(CN)nc2cc(Cl)ccc21. The summed E-state index contributed by atoms with van der Waals surface area (Å²) in [6.45, 7) is 3.70. The van der Waals surface area contributed by atoms with Gasteiger partial charge < -0.3 is 10.3 Å². The summed E-state index contributed by atoms with van der Waals surface area (Å²) < 4.78 is 2.23. The second-order valence-electron chi connectivity index (χ2n) is 4.93. The molecule has 19 heavy (non-hydrogen) atoms. The standard InChI is InChI=1S/C15H22ClN3/c1-2-3-4-5-6-9-19-14-8-7-12(16)10-13(14)18-15(19)11-17/h7-8,10H,2-6,9,11,17H2,1H3. The Balaban J connectivity index is 2.11. The van der Waals surface area contributed by atoms with Gasteiger partial charge in [-0.15, -0.1) is 0 Å². The molecular formula is C15H22ClN3. The van der Waals surface area contributed by atoms with Crippen molar-refractivity contribution in [1.29, 1.82) is 0 Å². The van der Waals surface area contributed by atoms with Crippen LogP contribution < -0.4 is 5.73 Å². The molecule has 2 N–H and O–H groups in total. The Kier molecular flexibility index (Phi) is 5.23. The number of fused-ring (bicyclic) bond motifs is 1. The molecule has 1 aromatic carbocycles. The molecule has 0 radical (unpaired) electrons. The first-order valence-corrected chi connectivity index (χ1v) is 7.48. The molecule has 0 aliphatic carbocycles. The van der Waals surface area contributed by atoms with Crippen LogP contribution in [-0.4, -0.2) is 9.55 Å². The van der Waals surface area contributed by atoms with E-state index in [1.54, 1.807) is 0 Å². The molecule has 0 aliphatic heterocycles. The van der Waals surface area contributed by atoms with Gasteiger partial charge in [0, 0.05) is 11.6 Å². The average Bonchev–Trinajstić information content (AvgIpc) is 2.75. The number of hydrogen-bond donors (Lipinski definition) is 1. The molecule has 0 atom stereocenters. The van der Waals surface area contributed by atoms with Crippen molar-refractivity contribution in [3.8, 4) is 0 Å². The lowest BCUT2D eigenvalue weighted by Gasteiger charge is -2.07. The van der Waals surface area contributed by atoms with E-state index in [1.165, 1.54) is 32.1 Å². The Morgan fingerprint density at radius 2 is 2.00 bits per heavy atom. The molecule has 1 aromatic heterocycles. The van der Waals surface area contributed by atoms with Gasteiger partial charge in [-0.25, -0.2) is 4.98 Å². The molecule has 3 nitrogen and oxygen atoms in total. The van der Waals surface area contributed by atoms with E-state index < -0.39 is 0 Å². The van der Waals surface area contributed by atoms with Crippen LogP contribution >= 0.6 is 11.6 Å². The molecule has 0 spiro atoms. The Bertz CT molecular complexity index is 533. The first kappa shape index (κ1) is 14.4. The Hall–Kier alpha value is -1.06. The predicted octanol–water partition coefficient (Wildman–Crippen LogP) is 4.12. The summed E-state index contributed by atoms with van der Waals surface area (Å²) in [7, 11) is 0. The fourth-order valence-corrected chi connectivity index (χ4v) is 2.60. The van der Waals surface area contributed by atoms with Crippen LogP contribution in [0.2, 0.25) is 5.02 Å². The third-order valence-corrected chi connectivity index (χ3v) is 3.69. The summed E-state index contributed by atoms with van der Waals surface area (Å²) in [5, 5.41) is 0.726. The maximum atomic E-state index is 6.00. The molecule has 4 heteroatoms. The molecule has 0 amide bonds. The second kappa shape index (κ2) is 6.92. The van der Waals surface area contributed by atoms with Crippen molar-refractivity contribution in [2.75, 3.05) is 0 Å². The van der Waals surface area contributed by atoms with Gasteiger partial charge in [-0.1, -0.05) is 44.2 Å². The van der Waals surface area contributed by atoms with E-state index in [1.807, 2.05) is 18.2 Å². The zero-order chi connectivity index (χ0) is 13.7. The van der Waals surface area contributed by atoms with E-state index in [2.05, 4.69) is 16.5 Å². The predicted molar refractivity (Wildman–Crippen MR) is 81.4 cm³/mol. The van der Waals surface area contributed by atoms with E-state index in [4.69, 9.17) is 17.3 Å². The first-order valence-electron chi connectivity index (χ1n) is 7.11. The lowest BCUT2D eigenvalue weighted by atomic mass is 10.1. The summed E-state index contributed by atoms with van der Waals surface area (Å²) in [6.07, 6.45) is 6.36.